The molecule has 0 spiro atoms. The molecule has 1 amide bonds. The SMILES string of the molecule is CSc1ccccc1NC(=O)C(C)n1ncccc1=O. The molecule has 1 aromatic heterocycles. The molecule has 0 radical (unpaired) electrons. The van der Waals surface area contributed by atoms with Gasteiger partial charge in [0.25, 0.3) is 5.56 Å². The molecule has 0 bridgehead atoms. The van der Waals surface area contributed by atoms with E-state index in [4.69, 9.17) is 0 Å². The summed E-state index contributed by atoms with van der Waals surface area (Å²) in [6.45, 7) is 1.64. The molecule has 1 unspecified atom stereocenters. The maximum absolute atomic E-state index is 12.2. The average molecular weight is 289 g/mol. The number of nitrogens with one attached hydrogen (secondary N) is 1. The van der Waals surface area contributed by atoms with Crippen molar-refractivity contribution in [1.29, 1.82) is 0 Å². The van der Waals surface area contributed by atoms with Crippen LogP contribution in [0.1, 0.15) is 13.0 Å². The molecule has 0 aliphatic carbocycles. The molecular formula is C14H15N3O2S. The van der Waals surface area contributed by atoms with Crippen molar-refractivity contribution in [2.24, 2.45) is 0 Å². The van der Waals surface area contributed by atoms with Crippen molar-refractivity contribution in [3.8, 4) is 0 Å². The number of benzene rings is 1. The Hall–Kier alpha value is -2.08. The highest BCUT2D eigenvalue weighted by Gasteiger charge is 2.17. The molecule has 0 aliphatic heterocycles. The molecule has 1 heterocycles. The number of nitrogens with zero attached hydrogens (tertiary/aromatic N) is 2. The zero-order valence-corrected chi connectivity index (χ0v) is 12.1. The predicted molar refractivity (Wildman–Crippen MR) is 80.1 cm³/mol. The number of anilines is 1. The minimum Gasteiger partial charge on any atom is -0.323 e. The summed E-state index contributed by atoms with van der Waals surface area (Å²) in [7, 11) is 0. The molecule has 5 nitrogen and oxygen atoms in total. The van der Waals surface area contributed by atoms with Gasteiger partial charge in [0.15, 0.2) is 0 Å². The first-order chi connectivity index (χ1) is 9.63. The highest BCUT2D eigenvalue weighted by Crippen LogP contribution is 2.25. The maximum atomic E-state index is 12.2. The number of rotatable bonds is 4. The van der Waals surface area contributed by atoms with E-state index in [1.54, 1.807) is 24.8 Å². The summed E-state index contributed by atoms with van der Waals surface area (Å²) in [6.07, 6.45) is 3.43. The molecule has 20 heavy (non-hydrogen) atoms. The van der Waals surface area contributed by atoms with Crippen LogP contribution in [0.15, 0.2) is 52.3 Å². The lowest BCUT2D eigenvalue weighted by molar-refractivity contribution is -0.119. The number of thioether (sulfide) groups is 1. The summed E-state index contributed by atoms with van der Waals surface area (Å²) < 4.78 is 1.16. The Morgan fingerprint density at radius 2 is 2.05 bits per heavy atom. The van der Waals surface area contributed by atoms with E-state index >= 15 is 0 Å². The first-order valence-electron chi connectivity index (χ1n) is 6.11. The van der Waals surface area contributed by atoms with Crippen LogP contribution in [0, 0.1) is 0 Å². The lowest BCUT2D eigenvalue weighted by atomic mass is 10.2. The molecule has 1 atom stereocenters. The number of carbonyl (C=O) groups is 1. The maximum Gasteiger partial charge on any atom is 0.267 e. The van der Waals surface area contributed by atoms with E-state index in [-0.39, 0.29) is 11.5 Å². The predicted octanol–water partition coefficient (Wildman–Crippen LogP) is 2.16. The molecule has 6 heteroatoms. The van der Waals surface area contributed by atoms with Crippen molar-refractivity contribution in [1.82, 2.24) is 9.78 Å². The van der Waals surface area contributed by atoms with Crippen LogP contribution in [0.25, 0.3) is 0 Å². The molecule has 0 fully saturated rings. The molecule has 2 aromatic rings. The third kappa shape index (κ3) is 3.08. The first kappa shape index (κ1) is 14.3. The number of aromatic nitrogens is 2. The van der Waals surface area contributed by atoms with E-state index < -0.39 is 6.04 Å². The smallest absolute Gasteiger partial charge is 0.267 e. The fourth-order valence-electron chi connectivity index (χ4n) is 1.76. The lowest BCUT2D eigenvalue weighted by Gasteiger charge is -2.15. The Morgan fingerprint density at radius 1 is 1.30 bits per heavy atom. The first-order valence-corrected chi connectivity index (χ1v) is 7.33. The van der Waals surface area contributed by atoms with Crippen molar-refractivity contribution in [2.45, 2.75) is 17.9 Å². The third-order valence-electron chi connectivity index (χ3n) is 2.85. The van der Waals surface area contributed by atoms with Crippen LogP contribution < -0.4 is 10.9 Å². The second-order valence-electron chi connectivity index (χ2n) is 4.17. The summed E-state index contributed by atoms with van der Waals surface area (Å²) in [5, 5.41) is 6.75. The zero-order valence-electron chi connectivity index (χ0n) is 11.2. The minimum atomic E-state index is -0.668. The van der Waals surface area contributed by atoms with Crippen LogP contribution in [0.2, 0.25) is 0 Å². The van der Waals surface area contributed by atoms with Crippen molar-refractivity contribution in [3.63, 3.8) is 0 Å². The van der Waals surface area contributed by atoms with Gasteiger partial charge in [-0.25, -0.2) is 4.68 Å². The highest BCUT2D eigenvalue weighted by molar-refractivity contribution is 7.98. The fraction of sp³-hybridized carbons (Fsp3) is 0.214. The second kappa shape index (κ2) is 6.38. The van der Waals surface area contributed by atoms with Crippen molar-refractivity contribution in [3.05, 3.63) is 52.9 Å². The Labute approximate surface area is 121 Å². The molecule has 2 rings (SSSR count). The number of amides is 1. The van der Waals surface area contributed by atoms with Crippen LogP contribution in [0.5, 0.6) is 0 Å². The van der Waals surface area contributed by atoms with Crippen LogP contribution >= 0.6 is 11.8 Å². The lowest BCUT2D eigenvalue weighted by Crippen LogP contribution is -2.32. The van der Waals surface area contributed by atoms with Crippen molar-refractivity contribution < 1.29 is 4.79 Å². The topological polar surface area (TPSA) is 64.0 Å². The average Bonchev–Trinajstić information content (AvgIpc) is 2.47. The fourth-order valence-corrected chi connectivity index (χ4v) is 2.31. The molecule has 0 saturated heterocycles. The van der Waals surface area contributed by atoms with E-state index in [9.17, 15) is 9.59 Å². The highest BCUT2D eigenvalue weighted by atomic mass is 32.2. The minimum absolute atomic E-state index is 0.271. The Balaban J connectivity index is 2.20. The van der Waals surface area contributed by atoms with E-state index in [0.29, 0.717) is 0 Å². The monoisotopic (exact) mass is 289 g/mol. The number of para-hydroxylation sites is 1. The standard InChI is InChI=1S/C14H15N3O2S/c1-10(17-13(18)8-5-9-15-17)14(19)16-11-6-3-4-7-12(11)20-2/h3-10H,1-2H3,(H,16,19). The van der Waals surface area contributed by atoms with Gasteiger partial charge >= 0.3 is 0 Å². The van der Waals surface area contributed by atoms with Gasteiger partial charge in [-0.3, -0.25) is 9.59 Å². The summed E-state index contributed by atoms with van der Waals surface area (Å²) in [5.41, 5.74) is 0.439. The molecule has 1 N–H and O–H groups in total. The van der Waals surface area contributed by atoms with Crippen LogP contribution in [-0.2, 0) is 4.79 Å². The molecule has 0 aliphatic rings. The number of hydrogen-bond donors (Lipinski definition) is 1. The van der Waals surface area contributed by atoms with Gasteiger partial charge in [-0.05, 0) is 31.4 Å². The number of carbonyl (C=O) groups excluding carboxylic acids is 1. The van der Waals surface area contributed by atoms with E-state index in [1.165, 1.54) is 12.3 Å². The van der Waals surface area contributed by atoms with Crippen molar-refractivity contribution in [2.75, 3.05) is 11.6 Å². The van der Waals surface area contributed by atoms with Gasteiger partial charge in [-0.2, -0.15) is 5.10 Å². The van der Waals surface area contributed by atoms with Gasteiger partial charge in [0.2, 0.25) is 5.91 Å². The van der Waals surface area contributed by atoms with Gasteiger partial charge in [0.05, 0.1) is 5.69 Å². The third-order valence-corrected chi connectivity index (χ3v) is 3.65. The van der Waals surface area contributed by atoms with Gasteiger partial charge in [0.1, 0.15) is 6.04 Å². The second-order valence-corrected chi connectivity index (χ2v) is 5.02. The van der Waals surface area contributed by atoms with Crippen LogP contribution in [-0.4, -0.2) is 21.9 Å². The van der Waals surface area contributed by atoms with Gasteiger partial charge in [0, 0.05) is 17.2 Å². The quantitative estimate of drug-likeness (QED) is 0.876. The molecular weight excluding hydrogens is 274 g/mol. The van der Waals surface area contributed by atoms with Crippen LogP contribution in [0.3, 0.4) is 0 Å². The molecule has 0 saturated carbocycles. The normalized spacial score (nSPS) is 11.9. The molecule has 1 aromatic carbocycles. The Kier molecular flexibility index (Phi) is 4.57. The van der Waals surface area contributed by atoms with Crippen molar-refractivity contribution >= 4 is 23.4 Å². The van der Waals surface area contributed by atoms with Gasteiger partial charge in [-0.15, -0.1) is 11.8 Å². The molecule has 104 valence electrons. The van der Waals surface area contributed by atoms with Gasteiger partial charge < -0.3 is 5.32 Å². The summed E-state index contributed by atoms with van der Waals surface area (Å²) >= 11 is 1.55. The number of hydrogen-bond acceptors (Lipinski definition) is 4. The largest absolute Gasteiger partial charge is 0.323 e. The Morgan fingerprint density at radius 3 is 2.75 bits per heavy atom. The summed E-state index contributed by atoms with van der Waals surface area (Å²) in [5.74, 6) is -0.271. The Bertz CT molecular complexity index is 669. The van der Waals surface area contributed by atoms with Gasteiger partial charge in [-0.1, -0.05) is 12.1 Å². The zero-order chi connectivity index (χ0) is 14.5. The van der Waals surface area contributed by atoms with Crippen LogP contribution in [0.4, 0.5) is 5.69 Å². The van der Waals surface area contributed by atoms with E-state index in [2.05, 4.69) is 10.4 Å². The van der Waals surface area contributed by atoms with E-state index in [1.807, 2.05) is 30.5 Å². The van der Waals surface area contributed by atoms with E-state index in [0.717, 1.165) is 15.3 Å². The summed E-state index contributed by atoms with van der Waals surface area (Å²) in [4.78, 5) is 24.8. The summed E-state index contributed by atoms with van der Waals surface area (Å²) in [6, 6.07) is 9.79.